The van der Waals surface area contributed by atoms with Crippen LogP contribution in [0.3, 0.4) is 0 Å². The summed E-state index contributed by atoms with van der Waals surface area (Å²) in [6.45, 7) is 10.2. The fourth-order valence-electron chi connectivity index (χ4n) is 3.33. The van der Waals surface area contributed by atoms with Gasteiger partial charge in [0.25, 0.3) is 0 Å². The number of amides is 2. The van der Waals surface area contributed by atoms with E-state index in [0.717, 1.165) is 5.56 Å². The van der Waals surface area contributed by atoms with Crippen molar-refractivity contribution < 1.29 is 9.59 Å². The number of nitrogens with one attached hydrogen (secondary N) is 1. The van der Waals surface area contributed by atoms with Crippen LogP contribution in [0, 0.1) is 5.92 Å². The minimum absolute atomic E-state index is 0.0464. The van der Waals surface area contributed by atoms with Crippen molar-refractivity contribution in [3.63, 3.8) is 0 Å². The molecule has 0 radical (unpaired) electrons. The summed E-state index contributed by atoms with van der Waals surface area (Å²) in [5.41, 5.74) is 2.52. The second-order valence-electron chi connectivity index (χ2n) is 8.14. The van der Waals surface area contributed by atoms with E-state index in [1.807, 2.05) is 6.92 Å². The predicted octanol–water partition coefficient (Wildman–Crippen LogP) is 3.04. The van der Waals surface area contributed by atoms with E-state index in [2.05, 4.69) is 55.5 Å². The smallest absolute Gasteiger partial charge is 0.230 e. The Morgan fingerprint density at radius 3 is 2.52 bits per heavy atom. The van der Waals surface area contributed by atoms with Crippen molar-refractivity contribution in [2.45, 2.75) is 46.1 Å². The first-order valence-corrected chi connectivity index (χ1v) is 9.48. The minimum atomic E-state index is -0.299. The highest BCUT2D eigenvalue weighted by molar-refractivity contribution is 5.96. The van der Waals surface area contributed by atoms with Crippen LogP contribution in [0.5, 0.6) is 0 Å². The van der Waals surface area contributed by atoms with Crippen molar-refractivity contribution in [2.24, 2.45) is 5.92 Å². The van der Waals surface area contributed by atoms with Gasteiger partial charge in [0.1, 0.15) is 5.82 Å². The zero-order valence-electron chi connectivity index (χ0n) is 16.5. The van der Waals surface area contributed by atoms with Crippen molar-refractivity contribution in [1.82, 2.24) is 14.7 Å². The van der Waals surface area contributed by atoms with Crippen LogP contribution in [-0.4, -0.2) is 39.6 Å². The lowest BCUT2D eigenvalue weighted by atomic mass is 9.87. The third-order valence-electron chi connectivity index (χ3n) is 5.09. The minimum Gasteiger partial charge on any atom is -0.342 e. The lowest BCUT2D eigenvalue weighted by Crippen LogP contribution is -2.28. The lowest BCUT2D eigenvalue weighted by Gasteiger charge is -2.19. The zero-order chi connectivity index (χ0) is 19.6. The molecule has 0 spiro atoms. The van der Waals surface area contributed by atoms with E-state index in [0.29, 0.717) is 25.5 Å². The SMILES string of the molecule is CCN1CC(C(=O)Nc2ccnn2Cc2ccc(C(C)(C)C)cc2)CC1=O. The Morgan fingerprint density at radius 2 is 1.93 bits per heavy atom. The molecule has 1 saturated heterocycles. The number of benzene rings is 1. The molecule has 1 N–H and O–H groups in total. The predicted molar refractivity (Wildman–Crippen MR) is 105 cm³/mol. The number of aromatic nitrogens is 2. The summed E-state index contributed by atoms with van der Waals surface area (Å²) < 4.78 is 1.78. The quantitative estimate of drug-likeness (QED) is 0.882. The van der Waals surface area contributed by atoms with Gasteiger partial charge in [-0.25, -0.2) is 4.68 Å². The summed E-state index contributed by atoms with van der Waals surface area (Å²) in [6, 6.07) is 10.3. The monoisotopic (exact) mass is 368 g/mol. The van der Waals surface area contributed by atoms with Crippen molar-refractivity contribution in [3.05, 3.63) is 47.7 Å². The van der Waals surface area contributed by atoms with Crippen LogP contribution in [0.25, 0.3) is 0 Å². The van der Waals surface area contributed by atoms with Gasteiger partial charge in [0.2, 0.25) is 11.8 Å². The maximum absolute atomic E-state index is 12.5. The number of rotatable bonds is 5. The van der Waals surface area contributed by atoms with Gasteiger partial charge in [-0.2, -0.15) is 5.10 Å². The molecule has 0 aliphatic carbocycles. The van der Waals surface area contributed by atoms with Crippen LogP contribution < -0.4 is 5.32 Å². The Hall–Kier alpha value is -2.63. The van der Waals surface area contributed by atoms with Crippen LogP contribution in [0.2, 0.25) is 0 Å². The number of nitrogens with zero attached hydrogens (tertiary/aromatic N) is 3. The van der Waals surface area contributed by atoms with Crippen LogP contribution >= 0.6 is 0 Å². The number of carbonyl (C=O) groups excluding carboxylic acids is 2. The highest BCUT2D eigenvalue weighted by Crippen LogP contribution is 2.23. The molecular weight excluding hydrogens is 340 g/mol. The van der Waals surface area contributed by atoms with E-state index in [-0.39, 0.29) is 29.6 Å². The van der Waals surface area contributed by atoms with Crippen molar-refractivity contribution in [3.8, 4) is 0 Å². The molecule has 1 fully saturated rings. The molecule has 1 aliphatic rings. The van der Waals surface area contributed by atoms with Crippen LogP contribution in [0.1, 0.15) is 45.2 Å². The van der Waals surface area contributed by atoms with Crippen LogP contribution in [0.4, 0.5) is 5.82 Å². The fourth-order valence-corrected chi connectivity index (χ4v) is 3.33. The molecule has 2 amide bonds. The molecule has 1 aromatic heterocycles. The Kier molecular flexibility index (Phi) is 5.35. The van der Waals surface area contributed by atoms with E-state index in [1.54, 1.807) is 21.8 Å². The third kappa shape index (κ3) is 4.38. The van der Waals surface area contributed by atoms with Gasteiger partial charge >= 0.3 is 0 Å². The maximum Gasteiger partial charge on any atom is 0.230 e. The molecule has 1 aromatic carbocycles. The van der Waals surface area contributed by atoms with Gasteiger partial charge < -0.3 is 10.2 Å². The standard InChI is InChI=1S/C21H28N4O2/c1-5-24-14-16(12-19(24)26)20(27)23-18-10-11-22-25(18)13-15-6-8-17(9-7-15)21(2,3)4/h6-11,16H,5,12-14H2,1-4H3,(H,23,27). The number of hydrogen-bond donors (Lipinski definition) is 1. The summed E-state index contributed by atoms with van der Waals surface area (Å²) in [5.74, 6) is 0.281. The Balaban J connectivity index is 1.66. The Labute approximate surface area is 160 Å². The van der Waals surface area contributed by atoms with E-state index in [9.17, 15) is 9.59 Å². The molecular formula is C21H28N4O2. The third-order valence-corrected chi connectivity index (χ3v) is 5.09. The van der Waals surface area contributed by atoms with Gasteiger partial charge in [-0.05, 0) is 23.5 Å². The van der Waals surface area contributed by atoms with Gasteiger partial charge in [0, 0.05) is 25.6 Å². The van der Waals surface area contributed by atoms with Gasteiger partial charge in [0.15, 0.2) is 0 Å². The molecule has 2 heterocycles. The van der Waals surface area contributed by atoms with Crippen molar-refractivity contribution in [2.75, 3.05) is 18.4 Å². The van der Waals surface area contributed by atoms with Crippen molar-refractivity contribution >= 4 is 17.6 Å². The molecule has 2 aromatic rings. The maximum atomic E-state index is 12.5. The first kappa shape index (κ1) is 19.1. The second kappa shape index (κ2) is 7.55. The molecule has 1 unspecified atom stereocenters. The largest absolute Gasteiger partial charge is 0.342 e. The summed E-state index contributed by atoms with van der Waals surface area (Å²) in [4.78, 5) is 26.1. The average Bonchev–Trinajstić information content (AvgIpc) is 3.21. The summed E-state index contributed by atoms with van der Waals surface area (Å²) in [6.07, 6.45) is 1.96. The number of hydrogen-bond acceptors (Lipinski definition) is 3. The summed E-state index contributed by atoms with van der Waals surface area (Å²) in [5, 5.41) is 7.27. The van der Waals surface area contributed by atoms with Crippen LogP contribution in [-0.2, 0) is 21.5 Å². The first-order chi connectivity index (χ1) is 12.8. The highest BCUT2D eigenvalue weighted by atomic mass is 16.2. The summed E-state index contributed by atoms with van der Waals surface area (Å²) in [7, 11) is 0. The number of carbonyl (C=O) groups is 2. The normalized spacial score (nSPS) is 17.4. The van der Waals surface area contributed by atoms with Gasteiger partial charge in [-0.3, -0.25) is 9.59 Å². The summed E-state index contributed by atoms with van der Waals surface area (Å²) >= 11 is 0. The number of likely N-dealkylation sites (tertiary alicyclic amines) is 1. The molecule has 0 bridgehead atoms. The molecule has 6 nitrogen and oxygen atoms in total. The van der Waals surface area contributed by atoms with Crippen molar-refractivity contribution in [1.29, 1.82) is 0 Å². The van der Waals surface area contributed by atoms with E-state index in [1.165, 1.54) is 5.56 Å². The lowest BCUT2D eigenvalue weighted by molar-refractivity contribution is -0.128. The average molecular weight is 368 g/mol. The zero-order valence-corrected chi connectivity index (χ0v) is 16.5. The van der Waals surface area contributed by atoms with Gasteiger partial charge in [0.05, 0.1) is 18.7 Å². The molecule has 144 valence electrons. The second-order valence-corrected chi connectivity index (χ2v) is 8.14. The fraction of sp³-hybridized carbons (Fsp3) is 0.476. The number of anilines is 1. The Bertz CT molecular complexity index is 817. The van der Waals surface area contributed by atoms with Crippen LogP contribution in [0.15, 0.2) is 36.5 Å². The van der Waals surface area contributed by atoms with E-state index in [4.69, 9.17) is 0 Å². The molecule has 27 heavy (non-hydrogen) atoms. The van der Waals surface area contributed by atoms with E-state index < -0.39 is 0 Å². The molecule has 1 atom stereocenters. The molecule has 0 saturated carbocycles. The topological polar surface area (TPSA) is 67.2 Å². The first-order valence-electron chi connectivity index (χ1n) is 9.48. The molecule has 3 rings (SSSR count). The molecule has 1 aliphatic heterocycles. The van der Waals surface area contributed by atoms with Gasteiger partial charge in [-0.15, -0.1) is 0 Å². The Morgan fingerprint density at radius 1 is 1.22 bits per heavy atom. The molecule has 6 heteroatoms. The van der Waals surface area contributed by atoms with Gasteiger partial charge in [-0.1, -0.05) is 45.0 Å². The van der Waals surface area contributed by atoms with E-state index >= 15 is 0 Å². The highest BCUT2D eigenvalue weighted by Gasteiger charge is 2.33.